The summed E-state index contributed by atoms with van der Waals surface area (Å²) in [6, 6.07) is 8.24. The molecule has 1 heterocycles. The Morgan fingerprint density at radius 3 is 2.39 bits per heavy atom. The van der Waals surface area contributed by atoms with Crippen molar-refractivity contribution in [3.8, 4) is 11.8 Å². The predicted octanol–water partition coefficient (Wildman–Crippen LogP) is 2.51. The van der Waals surface area contributed by atoms with Crippen LogP contribution in [0.15, 0.2) is 28.7 Å². The second-order valence-corrected chi connectivity index (χ2v) is 4.52. The molecule has 0 aliphatic heterocycles. The standard InChI is InChI=1S/C16H14N2O5/c1-9-13(16(20)22-3)12(8-17)15(23-9)18-14(19)10-4-6-11(21-2)7-5-10/h4-7H,1-3H3,(H,18,19). The van der Waals surface area contributed by atoms with E-state index in [0.29, 0.717) is 11.3 Å². The highest BCUT2D eigenvalue weighted by Gasteiger charge is 2.25. The number of nitriles is 1. The SMILES string of the molecule is COC(=O)c1c(C)oc(NC(=O)c2ccc(OC)cc2)c1C#N. The molecule has 0 bridgehead atoms. The van der Waals surface area contributed by atoms with Gasteiger partial charge in [-0.05, 0) is 31.2 Å². The lowest BCUT2D eigenvalue weighted by molar-refractivity contribution is 0.0598. The van der Waals surface area contributed by atoms with E-state index in [1.165, 1.54) is 21.1 Å². The van der Waals surface area contributed by atoms with Crippen LogP contribution in [0.4, 0.5) is 5.88 Å². The van der Waals surface area contributed by atoms with Crippen molar-refractivity contribution in [2.45, 2.75) is 6.92 Å². The number of furan rings is 1. The Labute approximate surface area is 132 Å². The predicted molar refractivity (Wildman–Crippen MR) is 80.4 cm³/mol. The van der Waals surface area contributed by atoms with Gasteiger partial charge in [-0.25, -0.2) is 4.79 Å². The van der Waals surface area contributed by atoms with Crippen molar-refractivity contribution in [2.75, 3.05) is 19.5 Å². The Balaban J connectivity index is 2.31. The zero-order valence-electron chi connectivity index (χ0n) is 12.8. The number of methoxy groups -OCH3 is 2. The van der Waals surface area contributed by atoms with Gasteiger partial charge in [0.05, 0.1) is 14.2 Å². The number of rotatable bonds is 4. The molecule has 118 valence electrons. The average Bonchev–Trinajstić information content (AvgIpc) is 2.89. The van der Waals surface area contributed by atoms with Crippen LogP contribution >= 0.6 is 0 Å². The van der Waals surface area contributed by atoms with E-state index in [1.54, 1.807) is 24.3 Å². The van der Waals surface area contributed by atoms with Gasteiger partial charge in [0.1, 0.15) is 28.7 Å². The van der Waals surface area contributed by atoms with Crippen molar-refractivity contribution in [1.29, 1.82) is 5.26 Å². The van der Waals surface area contributed by atoms with Gasteiger partial charge in [0.25, 0.3) is 5.91 Å². The van der Waals surface area contributed by atoms with Crippen molar-refractivity contribution in [2.24, 2.45) is 0 Å². The van der Waals surface area contributed by atoms with Gasteiger partial charge in [-0.2, -0.15) is 5.26 Å². The second kappa shape index (κ2) is 6.66. The van der Waals surface area contributed by atoms with Crippen molar-refractivity contribution in [3.05, 3.63) is 46.7 Å². The molecule has 7 nitrogen and oxygen atoms in total. The molecular weight excluding hydrogens is 300 g/mol. The lowest BCUT2D eigenvalue weighted by atomic mass is 10.1. The minimum atomic E-state index is -0.701. The molecule has 0 saturated heterocycles. The fourth-order valence-electron chi connectivity index (χ4n) is 2.00. The highest BCUT2D eigenvalue weighted by atomic mass is 16.5. The minimum Gasteiger partial charge on any atom is -0.497 e. The molecule has 1 amide bonds. The van der Waals surface area contributed by atoms with Crippen LogP contribution in [0.3, 0.4) is 0 Å². The molecule has 0 saturated carbocycles. The molecule has 0 radical (unpaired) electrons. The topological polar surface area (TPSA) is 102 Å². The van der Waals surface area contributed by atoms with Gasteiger partial charge in [0.2, 0.25) is 5.88 Å². The largest absolute Gasteiger partial charge is 0.497 e. The van der Waals surface area contributed by atoms with Crippen LogP contribution in [0.5, 0.6) is 5.75 Å². The molecule has 1 aromatic carbocycles. The molecule has 0 aliphatic rings. The molecular formula is C16H14N2O5. The van der Waals surface area contributed by atoms with Crippen LogP contribution in [0.2, 0.25) is 0 Å². The van der Waals surface area contributed by atoms with Crippen LogP contribution in [0, 0.1) is 18.3 Å². The number of esters is 1. The molecule has 23 heavy (non-hydrogen) atoms. The summed E-state index contributed by atoms with van der Waals surface area (Å²) < 4.78 is 14.9. The van der Waals surface area contributed by atoms with Crippen LogP contribution in [-0.2, 0) is 4.74 Å². The number of hydrogen-bond donors (Lipinski definition) is 1. The molecule has 1 N–H and O–H groups in total. The quantitative estimate of drug-likeness (QED) is 0.870. The Morgan fingerprint density at radius 2 is 1.87 bits per heavy atom. The number of carbonyl (C=O) groups excluding carboxylic acids is 2. The van der Waals surface area contributed by atoms with E-state index in [9.17, 15) is 14.9 Å². The second-order valence-electron chi connectivity index (χ2n) is 4.52. The smallest absolute Gasteiger partial charge is 0.342 e. The summed E-state index contributed by atoms with van der Waals surface area (Å²) >= 11 is 0. The normalized spacial score (nSPS) is 9.83. The molecule has 7 heteroatoms. The summed E-state index contributed by atoms with van der Waals surface area (Å²) in [5.41, 5.74) is 0.277. The number of hydrogen-bond acceptors (Lipinski definition) is 6. The summed E-state index contributed by atoms with van der Waals surface area (Å²) in [6.07, 6.45) is 0. The molecule has 0 atom stereocenters. The van der Waals surface area contributed by atoms with E-state index < -0.39 is 11.9 Å². The van der Waals surface area contributed by atoms with Gasteiger partial charge < -0.3 is 13.9 Å². The van der Waals surface area contributed by atoms with Gasteiger partial charge in [0, 0.05) is 5.56 Å². The van der Waals surface area contributed by atoms with Crippen LogP contribution < -0.4 is 10.1 Å². The van der Waals surface area contributed by atoms with Gasteiger partial charge in [-0.3, -0.25) is 10.1 Å². The molecule has 0 spiro atoms. The highest BCUT2D eigenvalue weighted by molar-refractivity contribution is 6.05. The number of benzene rings is 1. The zero-order valence-corrected chi connectivity index (χ0v) is 12.8. The molecule has 0 unspecified atom stereocenters. The maximum absolute atomic E-state index is 12.2. The molecule has 2 aromatic rings. The third-order valence-electron chi connectivity index (χ3n) is 3.16. The van der Waals surface area contributed by atoms with Gasteiger partial charge in [-0.15, -0.1) is 0 Å². The summed E-state index contributed by atoms with van der Waals surface area (Å²) in [4.78, 5) is 23.9. The van der Waals surface area contributed by atoms with E-state index in [1.807, 2.05) is 6.07 Å². The maximum Gasteiger partial charge on any atom is 0.342 e. The monoisotopic (exact) mass is 314 g/mol. The van der Waals surface area contributed by atoms with Crippen LogP contribution in [0.25, 0.3) is 0 Å². The number of aryl methyl sites for hydroxylation is 1. The van der Waals surface area contributed by atoms with E-state index in [0.717, 1.165) is 0 Å². The highest BCUT2D eigenvalue weighted by Crippen LogP contribution is 2.27. The van der Waals surface area contributed by atoms with E-state index >= 15 is 0 Å². The van der Waals surface area contributed by atoms with E-state index in [-0.39, 0.29) is 22.8 Å². The number of nitrogens with one attached hydrogen (secondary N) is 1. The summed E-state index contributed by atoms with van der Waals surface area (Å²) in [7, 11) is 2.72. The Hall–Kier alpha value is -3.27. The molecule has 0 fully saturated rings. The zero-order chi connectivity index (χ0) is 17.0. The summed E-state index contributed by atoms with van der Waals surface area (Å²) in [5.74, 6) is -0.465. The number of carbonyl (C=O) groups is 2. The first kappa shape index (κ1) is 16.1. The lowest BCUT2D eigenvalue weighted by Gasteiger charge is -2.04. The minimum absolute atomic E-state index is 0.0000286. The fourth-order valence-corrected chi connectivity index (χ4v) is 2.00. The van der Waals surface area contributed by atoms with Gasteiger partial charge in [0.15, 0.2) is 0 Å². The van der Waals surface area contributed by atoms with Crippen molar-refractivity contribution >= 4 is 17.8 Å². The third kappa shape index (κ3) is 3.16. The van der Waals surface area contributed by atoms with Crippen LogP contribution in [0.1, 0.15) is 32.0 Å². The first-order valence-corrected chi connectivity index (χ1v) is 6.59. The lowest BCUT2D eigenvalue weighted by Crippen LogP contribution is -2.12. The fraction of sp³-hybridized carbons (Fsp3) is 0.188. The number of amides is 1. The van der Waals surface area contributed by atoms with E-state index in [2.05, 4.69) is 10.1 Å². The Kier molecular flexibility index (Phi) is 4.66. The number of ether oxygens (including phenoxy) is 2. The molecule has 0 aliphatic carbocycles. The number of nitrogens with zero attached hydrogens (tertiary/aromatic N) is 1. The third-order valence-corrected chi connectivity index (χ3v) is 3.16. The maximum atomic E-state index is 12.2. The summed E-state index contributed by atoms with van der Waals surface area (Å²) in [5, 5.41) is 11.7. The molecule has 2 rings (SSSR count). The van der Waals surface area contributed by atoms with Gasteiger partial charge in [-0.1, -0.05) is 0 Å². The first-order chi connectivity index (χ1) is 11.0. The Bertz CT molecular complexity index is 784. The van der Waals surface area contributed by atoms with E-state index in [4.69, 9.17) is 9.15 Å². The Morgan fingerprint density at radius 1 is 1.22 bits per heavy atom. The van der Waals surface area contributed by atoms with Crippen molar-refractivity contribution < 1.29 is 23.5 Å². The van der Waals surface area contributed by atoms with Crippen molar-refractivity contribution in [1.82, 2.24) is 0 Å². The summed E-state index contributed by atoms with van der Waals surface area (Å²) in [6.45, 7) is 1.51. The first-order valence-electron chi connectivity index (χ1n) is 6.59. The van der Waals surface area contributed by atoms with Crippen molar-refractivity contribution in [3.63, 3.8) is 0 Å². The van der Waals surface area contributed by atoms with Crippen LogP contribution in [-0.4, -0.2) is 26.1 Å². The molecule has 1 aromatic heterocycles. The average molecular weight is 314 g/mol. The van der Waals surface area contributed by atoms with Gasteiger partial charge >= 0.3 is 5.97 Å². The number of anilines is 1.